The number of fused-ring (bicyclic) bond motifs is 1. The van der Waals surface area contributed by atoms with Gasteiger partial charge in [0, 0.05) is 30.9 Å². The summed E-state index contributed by atoms with van der Waals surface area (Å²) in [4.78, 5) is 44.0. The van der Waals surface area contributed by atoms with E-state index in [2.05, 4.69) is 0 Å². The van der Waals surface area contributed by atoms with Crippen LogP contribution in [0.15, 0.2) is 48.5 Å². The molecule has 2 aromatic carbocycles. The highest BCUT2D eigenvalue weighted by Crippen LogP contribution is 2.28. The zero-order valence-electron chi connectivity index (χ0n) is 18.0. The molecule has 2 aliphatic rings. The molecule has 2 heterocycles. The van der Waals surface area contributed by atoms with Crippen molar-refractivity contribution in [3.8, 4) is 0 Å². The number of aryl methyl sites for hydroxylation is 2. The van der Waals surface area contributed by atoms with E-state index in [1.807, 2.05) is 60.4 Å². The Morgan fingerprint density at radius 1 is 0.935 bits per heavy atom. The molecule has 0 saturated carbocycles. The molecule has 6 nitrogen and oxygen atoms in total. The van der Waals surface area contributed by atoms with Gasteiger partial charge in [0.2, 0.25) is 17.7 Å². The summed E-state index contributed by atoms with van der Waals surface area (Å²) < 4.78 is 0. The molecule has 0 atom stereocenters. The van der Waals surface area contributed by atoms with E-state index in [1.54, 1.807) is 4.90 Å². The van der Waals surface area contributed by atoms with Crippen LogP contribution in [0, 0.1) is 6.92 Å². The van der Waals surface area contributed by atoms with E-state index in [0.717, 1.165) is 49.2 Å². The SMILES string of the molecule is Cc1ccc(N(CC(=O)N2CCCCC2)C(=O)CN2C(=O)CCc3ccccc32)cc1. The van der Waals surface area contributed by atoms with E-state index in [0.29, 0.717) is 18.5 Å². The van der Waals surface area contributed by atoms with Gasteiger partial charge in [-0.2, -0.15) is 0 Å². The van der Waals surface area contributed by atoms with Gasteiger partial charge >= 0.3 is 0 Å². The fourth-order valence-corrected chi connectivity index (χ4v) is 4.32. The van der Waals surface area contributed by atoms with E-state index in [-0.39, 0.29) is 30.8 Å². The van der Waals surface area contributed by atoms with Crippen LogP contribution in [-0.2, 0) is 20.8 Å². The van der Waals surface area contributed by atoms with Gasteiger partial charge in [0.05, 0.1) is 0 Å². The third-order valence-electron chi connectivity index (χ3n) is 6.13. The van der Waals surface area contributed by atoms with Crippen LogP contribution in [0.5, 0.6) is 0 Å². The number of hydrogen-bond donors (Lipinski definition) is 0. The summed E-state index contributed by atoms with van der Waals surface area (Å²) in [7, 11) is 0. The Labute approximate surface area is 183 Å². The third-order valence-corrected chi connectivity index (χ3v) is 6.13. The van der Waals surface area contributed by atoms with Crippen molar-refractivity contribution >= 4 is 29.1 Å². The first-order valence-corrected chi connectivity index (χ1v) is 11.1. The van der Waals surface area contributed by atoms with Crippen LogP contribution >= 0.6 is 0 Å². The molecule has 2 aromatic rings. The summed E-state index contributed by atoms with van der Waals surface area (Å²) in [6.07, 6.45) is 4.23. The van der Waals surface area contributed by atoms with Gasteiger partial charge in [-0.25, -0.2) is 0 Å². The average molecular weight is 420 g/mol. The highest BCUT2D eigenvalue weighted by molar-refractivity contribution is 6.06. The van der Waals surface area contributed by atoms with E-state index >= 15 is 0 Å². The van der Waals surface area contributed by atoms with Crippen LogP contribution in [0.2, 0.25) is 0 Å². The monoisotopic (exact) mass is 419 g/mol. The first kappa shape index (κ1) is 21.1. The van der Waals surface area contributed by atoms with Crippen molar-refractivity contribution in [2.75, 3.05) is 36.0 Å². The van der Waals surface area contributed by atoms with E-state index < -0.39 is 0 Å². The molecule has 162 valence electrons. The number of hydrogen-bond acceptors (Lipinski definition) is 3. The largest absolute Gasteiger partial charge is 0.341 e. The van der Waals surface area contributed by atoms with Gasteiger partial charge in [-0.3, -0.25) is 14.4 Å². The molecule has 0 radical (unpaired) electrons. The minimum Gasteiger partial charge on any atom is -0.341 e. The molecule has 1 fully saturated rings. The van der Waals surface area contributed by atoms with Crippen molar-refractivity contribution in [3.05, 3.63) is 59.7 Å². The molecule has 0 spiro atoms. The summed E-state index contributed by atoms with van der Waals surface area (Å²) in [6.45, 7) is 3.39. The van der Waals surface area contributed by atoms with Crippen LogP contribution in [0.1, 0.15) is 36.8 Å². The third kappa shape index (κ3) is 4.79. The average Bonchev–Trinajstić information content (AvgIpc) is 2.80. The Bertz CT molecular complexity index is 964. The maximum atomic E-state index is 13.4. The molecule has 0 bridgehead atoms. The maximum absolute atomic E-state index is 13.4. The van der Waals surface area contributed by atoms with Crippen LogP contribution < -0.4 is 9.80 Å². The van der Waals surface area contributed by atoms with Crippen LogP contribution in [-0.4, -0.2) is 48.8 Å². The molecule has 0 aliphatic carbocycles. The molecule has 4 rings (SSSR count). The number of amides is 3. The van der Waals surface area contributed by atoms with Crippen molar-refractivity contribution in [2.45, 2.75) is 39.0 Å². The minimum atomic E-state index is -0.251. The number of piperidine rings is 1. The van der Waals surface area contributed by atoms with Gasteiger partial charge in [0.15, 0.2) is 0 Å². The van der Waals surface area contributed by atoms with Gasteiger partial charge in [-0.15, -0.1) is 0 Å². The molecule has 0 unspecified atom stereocenters. The first-order valence-electron chi connectivity index (χ1n) is 11.1. The van der Waals surface area contributed by atoms with Gasteiger partial charge in [0.25, 0.3) is 0 Å². The lowest BCUT2D eigenvalue weighted by Crippen LogP contribution is -2.49. The maximum Gasteiger partial charge on any atom is 0.247 e. The molecule has 6 heteroatoms. The Hall–Kier alpha value is -3.15. The predicted molar refractivity (Wildman–Crippen MR) is 121 cm³/mol. The molecular weight excluding hydrogens is 390 g/mol. The number of nitrogens with zero attached hydrogens (tertiary/aromatic N) is 3. The highest BCUT2D eigenvalue weighted by Gasteiger charge is 2.29. The quantitative estimate of drug-likeness (QED) is 0.747. The highest BCUT2D eigenvalue weighted by atomic mass is 16.2. The summed E-state index contributed by atoms with van der Waals surface area (Å²) in [5.74, 6) is -0.350. The summed E-state index contributed by atoms with van der Waals surface area (Å²) in [5.41, 5.74) is 3.62. The number of benzene rings is 2. The second-order valence-electron chi connectivity index (χ2n) is 8.37. The topological polar surface area (TPSA) is 60.9 Å². The summed E-state index contributed by atoms with van der Waals surface area (Å²) >= 11 is 0. The van der Waals surface area contributed by atoms with E-state index in [4.69, 9.17) is 0 Å². The second-order valence-corrected chi connectivity index (χ2v) is 8.37. The molecule has 3 amide bonds. The predicted octanol–water partition coefficient (Wildman–Crippen LogP) is 3.32. The number of para-hydroxylation sites is 1. The molecule has 2 aliphatic heterocycles. The van der Waals surface area contributed by atoms with Crippen LogP contribution in [0.3, 0.4) is 0 Å². The van der Waals surface area contributed by atoms with Crippen molar-refractivity contribution in [3.63, 3.8) is 0 Å². The second kappa shape index (κ2) is 9.33. The van der Waals surface area contributed by atoms with Crippen molar-refractivity contribution in [2.24, 2.45) is 0 Å². The lowest BCUT2D eigenvalue weighted by Gasteiger charge is -2.33. The number of likely N-dealkylation sites (tertiary alicyclic amines) is 1. The smallest absolute Gasteiger partial charge is 0.247 e. The van der Waals surface area contributed by atoms with Gasteiger partial charge in [-0.1, -0.05) is 35.9 Å². The number of carbonyl (C=O) groups is 3. The molecule has 31 heavy (non-hydrogen) atoms. The summed E-state index contributed by atoms with van der Waals surface area (Å²) in [6, 6.07) is 15.3. The normalized spacial score (nSPS) is 16.1. The standard InChI is InChI=1S/C25H29N3O3/c1-19-9-12-21(13-10-19)27(17-24(30)26-15-5-2-6-16-26)25(31)18-28-22-8-4-3-7-20(22)11-14-23(28)29/h3-4,7-10,12-13H,2,5-6,11,14-18H2,1H3. The van der Waals surface area contributed by atoms with E-state index in [9.17, 15) is 14.4 Å². The van der Waals surface area contributed by atoms with E-state index in [1.165, 1.54) is 4.90 Å². The zero-order chi connectivity index (χ0) is 21.8. The molecule has 0 N–H and O–H groups in total. The van der Waals surface area contributed by atoms with Crippen molar-refractivity contribution in [1.29, 1.82) is 0 Å². The van der Waals surface area contributed by atoms with Gasteiger partial charge in [0.1, 0.15) is 13.1 Å². The minimum absolute atomic E-state index is 0.00836. The van der Waals surface area contributed by atoms with Crippen molar-refractivity contribution in [1.82, 2.24) is 4.90 Å². The number of rotatable bonds is 5. The first-order chi connectivity index (χ1) is 15.0. The molecule has 0 aromatic heterocycles. The number of anilines is 2. The molecule has 1 saturated heterocycles. The number of carbonyl (C=O) groups excluding carboxylic acids is 3. The molecular formula is C25H29N3O3. The van der Waals surface area contributed by atoms with Gasteiger partial charge in [-0.05, 0) is 56.4 Å². The van der Waals surface area contributed by atoms with Crippen molar-refractivity contribution < 1.29 is 14.4 Å². The Balaban J connectivity index is 1.57. The Morgan fingerprint density at radius 3 is 2.39 bits per heavy atom. The Morgan fingerprint density at radius 2 is 1.65 bits per heavy atom. The van der Waals surface area contributed by atoms with Crippen LogP contribution in [0.4, 0.5) is 11.4 Å². The lowest BCUT2D eigenvalue weighted by molar-refractivity contribution is -0.132. The van der Waals surface area contributed by atoms with Gasteiger partial charge < -0.3 is 14.7 Å². The summed E-state index contributed by atoms with van der Waals surface area (Å²) in [5, 5.41) is 0. The lowest BCUT2D eigenvalue weighted by atomic mass is 10.0. The fraction of sp³-hybridized carbons (Fsp3) is 0.400. The fourth-order valence-electron chi connectivity index (χ4n) is 4.32. The zero-order valence-corrected chi connectivity index (χ0v) is 18.0. The van der Waals surface area contributed by atoms with Crippen LogP contribution in [0.25, 0.3) is 0 Å². The Kier molecular flexibility index (Phi) is 6.35.